The van der Waals surface area contributed by atoms with Gasteiger partial charge in [0.05, 0.1) is 12.1 Å². The maximum Gasteiger partial charge on any atom is 0.355 e. The van der Waals surface area contributed by atoms with Crippen molar-refractivity contribution in [2.45, 2.75) is 26.7 Å². The molecule has 0 aliphatic rings. The van der Waals surface area contributed by atoms with E-state index in [1.165, 1.54) is 16.5 Å². The number of nitrogens with one attached hydrogen (secondary N) is 1. The van der Waals surface area contributed by atoms with Gasteiger partial charge in [-0.15, -0.1) is 0 Å². The molecular weight excluding hydrogens is 452 g/mol. The number of benzene rings is 3. The summed E-state index contributed by atoms with van der Waals surface area (Å²) in [5.74, 6) is -0.290. The van der Waals surface area contributed by atoms with Gasteiger partial charge in [0.2, 0.25) is 0 Å². The topological polar surface area (TPSA) is 45.3 Å². The van der Waals surface area contributed by atoms with Crippen LogP contribution in [0.5, 0.6) is 0 Å². The first-order valence-electron chi connectivity index (χ1n) is 10.8. The Balaban J connectivity index is 1.59. The van der Waals surface area contributed by atoms with Crippen molar-refractivity contribution in [1.82, 2.24) is 4.98 Å². The fourth-order valence-electron chi connectivity index (χ4n) is 4.25. The lowest BCUT2D eigenvalue weighted by molar-refractivity contribution is 0.0519. The number of carbonyl (C=O) groups excluding carboxylic acids is 1. The smallest absolute Gasteiger partial charge is 0.355 e. The third kappa shape index (κ3) is 4.33. The molecule has 0 aliphatic heterocycles. The molecule has 0 amide bonds. The van der Waals surface area contributed by atoms with Crippen molar-refractivity contribution in [3.05, 3.63) is 76.4 Å². The third-order valence-electron chi connectivity index (χ3n) is 5.71. The fraction of sp³-hybridized carbons (Fsp3) is 0.269. The Bertz CT molecular complexity index is 1210. The largest absolute Gasteiger partial charge is 0.461 e. The van der Waals surface area contributed by atoms with Crippen LogP contribution >= 0.6 is 15.9 Å². The quantitative estimate of drug-likeness (QED) is 0.286. The number of carbonyl (C=O) groups is 1. The van der Waals surface area contributed by atoms with Gasteiger partial charge in [-0.1, -0.05) is 48.5 Å². The summed E-state index contributed by atoms with van der Waals surface area (Å²) < 4.78 is 6.26. The first-order chi connectivity index (χ1) is 15.1. The van der Waals surface area contributed by atoms with Gasteiger partial charge in [0.15, 0.2) is 0 Å². The van der Waals surface area contributed by atoms with Crippen LogP contribution in [0.4, 0.5) is 5.69 Å². The van der Waals surface area contributed by atoms with E-state index in [9.17, 15) is 4.79 Å². The predicted molar refractivity (Wildman–Crippen MR) is 132 cm³/mol. The second-order valence-electron chi connectivity index (χ2n) is 7.54. The molecule has 3 aromatic carbocycles. The number of aryl methyl sites for hydroxylation is 1. The Kier molecular flexibility index (Phi) is 6.62. The summed E-state index contributed by atoms with van der Waals surface area (Å²) in [6.07, 6.45) is 1.73. The molecule has 4 aromatic rings. The van der Waals surface area contributed by atoms with E-state index >= 15 is 0 Å². The average molecular weight is 479 g/mol. The molecule has 5 heteroatoms. The lowest BCUT2D eigenvalue weighted by Gasteiger charge is -2.25. The summed E-state index contributed by atoms with van der Waals surface area (Å²) >= 11 is 3.60. The highest BCUT2D eigenvalue weighted by atomic mass is 79.9. The van der Waals surface area contributed by atoms with Crippen molar-refractivity contribution < 1.29 is 9.53 Å². The predicted octanol–water partition coefficient (Wildman–Crippen LogP) is 6.72. The zero-order chi connectivity index (χ0) is 21.8. The van der Waals surface area contributed by atoms with E-state index in [4.69, 9.17) is 4.74 Å². The molecule has 1 aromatic heterocycles. The number of anilines is 1. The van der Waals surface area contributed by atoms with Gasteiger partial charge in [0.1, 0.15) is 5.69 Å². The van der Waals surface area contributed by atoms with Gasteiger partial charge in [0.25, 0.3) is 0 Å². The number of halogens is 1. The Labute approximate surface area is 191 Å². The van der Waals surface area contributed by atoms with Crippen molar-refractivity contribution >= 4 is 49.3 Å². The molecule has 0 radical (unpaired) electrons. The maximum absolute atomic E-state index is 12.6. The van der Waals surface area contributed by atoms with Crippen LogP contribution in [0.1, 0.15) is 36.3 Å². The minimum Gasteiger partial charge on any atom is -0.461 e. The molecule has 0 unspecified atom stereocenters. The van der Waals surface area contributed by atoms with Crippen molar-refractivity contribution in [2.75, 3.05) is 24.6 Å². The number of H-pyrrole nitrogens is 1. The number of ether oxygens (including phenoxy) is 1. The summed E-state index contributed by atoms with van der Waals surface area (Å²) in [7, 11) is 0. The van der Waals surface area contributed by atoms with Crippen molar-refractivity contribution in [2.24, 2.45) is 0 Å². The maximum atomic E-state index is 12.6. The minimum atomic E-state index is -0.290. The summed E-state index contributed by atoms with van der Waals surface area (Å²) in [6.45, 7) is 6.22. The molecule has 1 N–H and O–H groups in total. The molecule has 0 fully saturated rings. The number of esters is 1. The van der Waals surface area contributed by atoms with Crippen LogP contribution in [0.25, 0.3) is 21.7 Å². The van der Waals surface area contributed by atoms with Crippen LogP contribution in [0, 0.1) is 0 Å². The zero-order valence-corrected chi connectivity index (χ0v) is 19.5. The number of fused-ring (bicyclic) bond motifs is 2. The molecule has 0 atom stereocenters. The monoisotopic (exact) mass is 478 g/mol. The molecule has 0 saturated carbocycles. The fourth-order valence-corrected chi connectivity index (χ4v) is 4.72. The van der Waals surface area contributed by atoms with Crippen molar-refractivity contribution in [1.29, 1.82) is 0 Å². The Morgan fingerprint density at radius 2 is 1.74 bits per heavy atom. The molecule has 4 rings (SSSR count). The normalized spacial score (nSPS) is 11.2. The number of aromatic nitrogens is 1. The molecular formula is C26H27BrN2O2. The van der Waals surface area contributed by atoms with Gasteiger partial charge in [-0.3, -0.25) is 0 Å². The summed E-state index contributed by atoms with van der Waals surface area (Å²) in [5, 5.41) is 3.60. The standard InChI is InChI=1S/C26H27BrN2O2/c1-3-29(23-16-7-11-18-10-5-6-12-19(18)23)17-9-14-21-20-13-8-15-22(27)24(20)28-25(21)26(30)31-4-2/h5-8,10-13,15-16,28H,3-4,9,14,17H2,1-2H3. The number of nitrogens with zero attached hydrogens (tertiary/aromatic N) is 1. The summed E-state index contributed by atoms with van der Waals surface area (Å²) in [6, 6.07) is 21.0. The van der Waals surface area contributed by atoms with Gasteiger partial charge < -0.3 is 14.6 Å². The zero-order valence-electron chi connectivity index (χ0n) is 18.0. The number of hydrogen-bond donors (Lipinski definition) is 1. The Morgan fingerprint density at radius 3 is 2.55 bits per heavy atom. The van der Waals surface area contributed by atoms with Crippen molar-refractivity contribution in [3.8, 4) is 0 Å². The van der Waals surface area contributed by atoms with Gasteiger partial charge in [-0.25, -0.2) is 4.79 Å². The second kappa shape index (κ2) is 9.56. The molecule has 4 nitrogen and oxygen atoms in total. The SMILES string of the molecule is CCOC(=O)c1[nH]c2c(Br)cccc2c1CCCN(CC)c1cccc2ccccc12. The number of para-hydroxylation sites is 1. The van der Waals surface area contributed by atoms with E-state index in [-0.39, 0.29) is 5.97 Å². The summed E-state index contributed by atoms with van der Waals surface area (Å²) in [4.78, 5) is 18.3. The number of rotatable bonds is 8. The first kappa shape index (κ1) is 21.4. The minimum absolute atomic E-state index is 0.290. The highest BCUT2D eigenvalue weighted by Crippen LogP contribution is 2.31. The van der Waals surface area contributed by atoms with Gasteiger partial charge in [-0.2, -0.15) is 0 Å². The van der Waals surface area contributed by atoms with Crippen LogP contribution in [0.3, 0.4) is 0 Å². The molecule has 31 heavy (non-hydrogen) atoms. The van der Waals surface area contributed by atoms with Gasteiger partial charge in [-0.05, 0) is 65.7 Å². The number of aromatic amines is 1. The average Bonchev–Trinajstić information content (AvgIpc) is 3.17. The summed E-state index contributed by atoms with van der Waals surface area (Å²) in [5.41, 5.74) is 3.80. The van der Waals surface area contributed by atoms with Crippen LogP contribution in [-0.2, 0) is 11.2 Å². The van der Waals surface area contributed by atoms with E-state index in [2.05, 4.69) is 81.3 Å². The van der Waals surface area contributed by atoms with Crippen LogP contribution in [0.15, 0.2) is 65.1 Å². The lowest BCUT2D eigenvalue weighted by atomic mass is 10.0. The second-order valence-corrected chi connectivity index (χ2v) is 8.40. The van der Waals surface area contributed by atoms with Crippen LogP contribution in [-0.4, -0.2) is 30.6 Å². The van der Waals surface area contributed by atoms with E-state index in [0.29, 0.717) is 12.3 Å². The van der Waals surface area contributed by atoms with E-state index in [1.807, 2.05) is 19.1 Å². The first-order valence-corrected chi connectivity index (χ1v) is 11.6. The van der Waals surface area contributed by atoms with Crippen LogP contribution < -0.4 is 4.90 Å². The molecule has 0 spiro atoms. The Hall–Kier alpha value is -2.79. The lowest BCUT2D eigenvalue weighted by Crippen LogP contribution is -2.24. The van der Waals surface area contributed by atoms with Gasteiger partial charge in [0, 0.05) is 34.0 Å². The third-order valence-corrected chi connectivity index (χ3v) is 6.37. The van der Waals surface area contributed by atoms with Crippen LogP contribution in [0.2, 0.25) is 0 Å². The van der Waals surface area contributed by atoms with Gasteiger partial charge >= 0.3 is 5.97 Å². The van der Waals surface area contributed by atoms with E-state index in [0.717, 1.165) is 46.9 Å². The van der Waals surface area contributed by atoms with Crippen molar-refractivity contribution in [3.63, 3.8) is 0 Å². The number of hydrogen-bond acceptors (Lipinski definition) is 3. The van der Waals surface area contributed by atoms with E-state index in [1.54, 1.807) is 0 Å². The molecule has 0 bridgehead atoms. The molecule has 160 valence electrons. The highest BCUT2D eigenvalue weighted by molar-refractivity contribution is 9.10. The van der Waals surface area contributed by atoms with E-state index < -0.39 is 0 Å². The molecule has 1 heterocycles. The Morgan fingerprint density at radius 1 is 1.00 bits per heavy atom. The molecule has 0 saturated heterocycles. The highest BCUT2D eigenvalue weighted by Gasteiger charge is 2.20. The molecule has 0 aliphatic carbocycles.